The minimum absolute atomic E-state index is 0.00339. The van der Waals surface area contributed by atoms with Gasteiger partial charge in [-0.05, 0) is 84.9 Å². The molecule has 6 aromatic rings. The van der Waals surface area contributed by atoms with Gasteiger partial charge in [0.25, 0.3) is 11.8 Å². The van der Waals surface area contributed by atoms with E-state index >= 15 is 0 Å². The second-order valence-corrected chi connectivity index (χ2v) is 14.6. The summed E-state index contributed by atoms with van der Waals surface area (Å²) in [4.78, 5) is 44.9. The number of aromatic nitrogens is 2. The van der Waals surface area contributed by atoms with Crippen molar-refractivity contribution in [2.24, 2.45) is 0 Å². The van der Waals surface area contributed by atoms with Gasteiger partial charge in [-0.15, -0.1) is 0 Å². The number of carbonyl (C=O) groups excluding carboxylic acids is 3. The van der Waals surface area contributed by atoms with Crippen molar-refractivity contribution in [3.8, 4) is 0 Å². The molecule has 8 rings (SSSR count). The summed E-state index contributed by atoms with van der Waals surface area (Å²) in [5, 5.41) is 19.2. The number of rotatable bonds is 11. The molecule has 55 heavy (non-hydrogen) atoms. The number of urea groups is 1. The summed E-state index contributed by atoms with van der Waals surface area (Å²) in [6.07, 6.45) is 13.2. The van der Waals surface area contributed by atoms with Crippen molar-refractivity contribution in [1.82, 2.24) is 18.9 Å². The van der Waals surface area contributed by atoms with Crippen LogP contribution in [-0.4, -0.2) is 61.6 Å². The van der Waals surface area contributed by atoms with E-state index in [0.717, 1.165) is 69.9 Å². The fourth-order valence-electron chi connectivity index (χ4n) is 8.94. The van der Waals surface area contributed by atoms with E-state index in [2.05, 4.69) is 127 Å². The molecule has 0 atom stereocenters. The number of benzene rings is 4. The first-order chi connectivity index (χ1) is 26.9. The van der Waals surface area contributed by atoms with Crippen LogP contribution in [0.1, 0.15) is 59.3 Å². The predicted molar refractivity (Wildman–Crippen MR) is 222 cm³/mol. The van der Waals surface area contributed by atoms with Crippen LogP contribution in [0.25, 0.3) is 55.5 Å². The van der Waals surface area contributed by atoms with E-state index in [4.69, 9.17) is 0 Å². The van der Waals surface area contributed by atoms with Gasteiger partial charge in [0, 0.05) is 62.9 Å². The molecule has 280 valence electrons. The lowest BCUT2D eigenvalue weighted by Crippen LogP contribution is -2.57. The molecule has 0 unspecified atom stereocenters. The topological polar surface area (TPSA) is 87.8 Å². The highest BCUT2D eigenvalue weighted by atomic mass is 16.3. The van der Waals surface area contributed by atoms with Crippen LogP contribution in [-0.2, 0) is 22.7 Å². The normalized spacial score (nSPS) is 19.2. The van der Waals surface area contributed by atoms with Gasteiger partial charge in [0.15, 0.2) is 0 Å². The molecule has 1 aliphatic heterocycles. The zero-order chi connectivity index (χ0) is 38.2. The van der Waals surface area contributed by atoms with Crippen molar-refractivity contribution >= 4 is 73.3 Å². The average molecular weight is 733 g/mol. The third-order valence-electron chi connectivity index (χ3n) is 11.5. The van der Waals surface area contributed by atoms with Gasteiger partial charge in [-0.1, -0.05) is 99.0 Å². The number of aryl methyl sites for hydroxylation is 2. The Hall–Kier alpha value is -5.73. The van der Waals surface area contributed by atoms with E-state index < -0.39 is 17.8 Å². The van der Waals surface area contributed by atoms with Crippen LogP contribution in [0, 0.1) is 0 Å². The molecule has 4 amide bonds. The summed E-state index contributed by atoms with van der Waals surface area (Å²) in [6.45, 7) is 7.61. The number of nitrogens with zero attached hydrogens (tertiary/aromatic N) is 4. The smallest absolute Gasteiger partial charge is 0.334 e. The molecule has 4 aromatic carbocycles. The van der Waals surface area contributed by atoms with Crippen molar-refractivity contribution in [3.05, 3.63) is 118 Å². The van der Waals surface area contributed by atoms with Gasteiger partial charge in [0.1, 0.15) is 5.57 Å². The molecule has 1 N–H and O–H groups in total. The highest BCUT2D eigenvalue weighted by molar-refractivity contribution is 6.30. The Kier molecular flexibility index (Phi) is 10.0. The van der Waals surface area contributed by atoms with Crippen molar-refractivity contribution in [2.45, 2.75) is 72.4 Å². The van der Waals surface area contributed by atoms with Gasteiger partial charge in [-0.3, -0.25) is 19.4 Å². The zero-order valence-electron chi connectivity index (χ0n) is 32.0. The number of allylic oxidation sites excluding steroid dienone is 5. The second-order valence-electron chi connectivity index (χ2n) is 14.6. The fourth-order valence-corrected chi connectivity index (χ4v) is 8.94. The Morgan fingerprint density at radius 3 is 1.55 bits per heavy atom. The van der Waals surface area contributed by atoms with Crippen LogP contribution in [0.15, 0.2) is 107 Å². The van der Waals surface area contributed by atoms with Gasteiger partial charge < -0.3 is 14.2 Å². The summed E-state index contributed by atoms with van der Waals surface area (Å²) in [5.74, 6) is -1.21. The summed E-state index contributed by atoms with van der Waals surface area (Å²) >= 11 is 0. The quantitative estimate of drug-likeness (QED) is 0.0833. The third-order valence-corrected chi connectivity index (χ3v) is 11.5. The van der Waals surface area contributed by atoms with Gasteiger partial charge >= 0.3 is 6.03 Å². The van der Waals surface area contributed by atoms with Gasteiger partial charge in [0.2, 0.25) is 0 Å². The molecular weight excluding hydrogens is 685 g/mol. The third kappa shape index (κ3) is 6.09. The first-order valence-electron chi connectivity index (χ1n) is 19.9. The molecule has 2 aliphatic rings. The molecule has 2 aromatic heterocycles. The Balaban J connectivity index is 1.35. The average Bonchev–Trinajstić information content (AvgIpc) is 3.85. The minimum Gasteiger partial charge on any atom is -0.395 e. The number of amides is 4. The highest BCUT2D eigenvalue weighted by Gasteiger charge is 2.44. The number of unbranched alkanes of at least 4 members (excludes halogenated alkanes) is 3. The SMILES string of the molecule is CCCCCCN1C(=O)C(=C2C(=C/C=c3\c4cccc5cccc(c54)n3CC)CC/C2=C/C=c2\c3cccc4cccc(c43)n2CC)C(=O)N(CCO)C1=O. The lowest BCUT2D eigenvalue weighted by atomic mass is 9.95. The lowest BCUT2D eigenvalue weighted by Gasteiger charge is -2.34. The van der Waals surface area contributed by atoms with Crippen LogP contribution in [0.4, 0.5) is 4.79 Å². The fraction of sp³-hybridized carbons (Fsp3) is 0.298. The Morgan fingerprint density at radius 1 is 0.582 bits per heavy atom. The van der Waals surface area contributed by atoms with E-state index in [1.54, 1.807) is 0 Å². The zero-order valence-corrected chi connectivity index (χ0v) is 32.0. The van der Waals surface area contributed by atoms with E-state index in [1.807, 2.05) is 0 Å². The number of carbonyl (C=O) groups is 3. The van der Waals surface area contributed by atoms with Gasteiger partial charge in [-0.2, -0.15) is 0 Å². The summed E-state index contributed by atoms with van der Waals surface area (Å²) in [5.41, 5.74) is 4.68. The second kappa shape index (κ2) is 15.2. The Labute approximate surface area is 320 Å². The Morgan fingerprint density at radius 2 is 1.07 bits per heavy atom. The molecule has 1 saturated carbocycles. The van der Waals surface area contributed by atoms with Gasteiger partial charge in [0.05, 0.1) is 13.2 Å². The van der Waals surface area contributed by atoms with Crippen LogP contribution in [0.5, 0.6) is 0 Å². The first-order valence-corrected chi connectivity index (χ1v) is 19.9. The van der Waals surface area contributed by atoms with E-state index in [-0.39, 0.29) is 25.3 Å². The predicted octanol–water partition coefficient (Wildman–Crippen LogP) is 7.95. The number of hydrogen-bond donors (Lipinski definition) is 1. The van der Waals surface area contributed by atoms with Crippen LogP contribution >= 0.6 is 0 Å². The summed E-state index contributed by atoms with van der Waals surface area (Å²) in [6, 6.07) is 24.9. The monoisotopic (exact) mass is 732 g/mol. The molecule has 8 nitrogen and oxygen atoms in total. The number of aliphatic hydroxyl groups is 1. The highest BCUT2D eigenvalue weighted by Crippen LogP contribution is 2.40. The maximum Gasteiger partial charge on any atom is 0.334 e. The molecule has 1 saturated heterocycles. The van der Waals surface area contributed by atoms with E-state index in [1.165, 1.54) is 37.5 Å². The van der Waals surface area contributed by atoms with Crippen molar-refractivity contribution in [2.75, 3.05) is 19.7 Å². The van der Waals surface area contributed by atoms with Crippen LogP contribution in [0.2, 0.25) is 0 Å². The van der Waals surface area contributed by atoms with Crippen molar-refractivity contribution in [1.29, 1.82) is 0 Å². The van der Waals surface area contributed by atoms with Crippen LogP contribution < -0.4 is 10.7 Å². The maximum atomic E-state index is 14.5. The maximum absolute atomic E-state index is 14.5. The van der Waals surface area contributed by atoms with Crippen molar-refractivity contribution in [3.63, 3.8) is 0 Å². The molecule has 2 fully saturated rings. The van der Waals surface area contributed by atoms with E-state index in [0.29, 0.717) is 24.8 Å². The first kappa shape index (κ1) is 36.3. The minimum atomic E-state index is -0.658. The molecule has 8 heteroatoms. The Bertz CT molecular complexity index is 2550. The van der Waals surface area contributed by atoms with E-state index in [9.17, 15) is 19.5 Å². The molecule has 0 bridgehead atoms. The standard InChI is InChI=1S/C47H48N4O4/c1-4-7-8-9-28-50-45(53)44(46(54)51(29-30-52)47(50)55)41-33(24-26-37-35-18-10-14-31-16-12-20-39(42(31)35)48(37)5-2)22-23-34(41)25-27-38-36-19-11-15-32-17-13-21-40(43(32)36)49(38)6-3/h10-21,24-27,52H,4-9,22-23,28-30H2,1-3H3/b33-24-,34-25?,37-26+,38-27+,44-41?. The van der Waals surface area contributed by atoms with Crippen LogP contribution in [0.3, 0.4) is 0 Å². The summed E-state index contributed by atoms with van der Waals surface area (Å²) in [7, 11) is 0. The summed E-state index contributed by atoms with van der Waals surface area (Å²) < 4.78 is 4.62. The molecule has 0 spiro atoms. The lowest BCUT2D eigenvalue weighted by molar-refractivity contribution is -0.136. The van der Waals surface area contributed by atoms with Gasteiger partial charge in [-0.25, -0.2) is 4.79 Å². The number of aliphatic hydroxyl groups excluding tert-OH is 1. The largest absolute Gasteiger partial charge is 0.395 e. The number of imide groups is 2. The molecule has 3 heterocycles. The van der Waals surface area contributed by atoms with Crippen molar-refractivity contribution < 1.29 is 19.5 Å². The molecule has 1 aliphatic carbocycles. The number of hydrogen-bond acceptors (Lipinski definition) is 4. The number of β-amino-alcohol motifs (C(OH)–C–C–N with tert-alkyl or cyclic N) is 1. The molecule has 0 radical (unpaired) electrons. The molecular formula is C47H48N4O4. The number of barbiturate groups is 1.